The van der Waals surface area contributed by atoms with Crippen molar-refractivity contribution in [2.75, 3.05) is 5.32 Å². The van der Waals surface area contributed by atoms with E-state index in [1.54, 1.807) is 31.2 Å². The topological polar surface area (TPSA) is 72.5 Å². The Morgan fingerprint density at radius 1 is 1.06 bits per heavy atom. The fourth-order valence-electron chi connectivity index (χ4n) is 7.65. The molecule has 0 aliphatic heterocycles. The number of halogens is 1. The molecule has 1 amide bonds. The lowest BCUT2D eigenvalue weighted by atomic mass is 9.48. The third kappa shape index (κ3) is 3.38. The molecular weight excluding hydrogens is 450 g/mol. The molecule has 2 fully saturated rings. The number of anilines is 1. The molecule has 5 nitrogen and oxygen atoms in total. The van der Waals surface area contributed by atoms with Crippen LogP contribution in [-0.2, 0) is 14.3 Å². The van der Waals surface area contributed by atoms with Crippen LogP contribution in [0.15, 0.2) is 48.1 Å². The van der Waals surface area contributed by atoms with E-state index in [2.05, 4.69) is 31.3 Å². The van der Waals surface area contributed by atoms with E-state index in [1.165, 1.54) is 0 Å². The van der Waals surface area contributed by atoms with Crippen LogP contribution in [0.5, 0.6) is 0 Å². The Kier molecular flexibility index (Phi) is 5.55. The summed E-state index contributed by atoms with van der Waals surface area (Å²) in [5, 5.41) is 3.35. The number of ketones is 2. The van der Waals surface area contributed by atoms with Crippen molar-refractivity contribution < 1.29 is 19.1 Å². The molecule has 34 heavy (non-hydrogen) atoms. The molecule has 0 heterocycles. The van der Waals surface area contributed by atoms with Crippen LogP contribution in [-0.4, -0.2) is 23.3 Å². The quantitative estimate of drug-likeness (QED) is 0.533. The van der Waals surface area contributed by atoms with Gasteiger partial charge in [-0.15, -0.1) is 0 Å². The van der Waals surface area contributed by atoms with Crippen LogP contribution in [0.1, 0.15) is 59.3 Å². The van der Waals surface area contributed by atoms with Crippen LogP contribution in [0.2, 0.25) is 5.02 Å². The van der Waals surface area contributed by atoms with Crippen LogP contribution < -0.4 is 5.32 Å². The minimum atomic E-state index is -1.15. The molecule has 0 spiro atoms. The average Bonchev–Trinajstić information content (AvgIpc) is 3.09. The molecule has 6 heteroatoms. The van der Waals surface area contributed by atoms with Crippen molar-refractivity contribution in [3.63, 3.8) is 0 Å². The Morgan fingerprint density at radius 3 is 2.47 bits per heavy atom. The zero-order chi connectivity index (χ0) is 24.3. The third-order valence-corrected chi connectivity index (χ3v) is 9.81. The standard InChI is InChI=1S/C28H32ClNO4/c1-17(31)28(34-25(33)30-20-7-5-19(29)6-8-20)15-12-24-22-9-4-18-16-21(32)10-13-26(18,2)23(22)11-14-27(24,28)3/h4-9,16,22-24H,10-15H2,1-3H3,(H,30,33)/t22-,23+,24+,26+,27+,28+/m1/s1. The lowest BCUT2D eigenvalue weighted by molar-refractivity contribution is -0.156. The summed E-state index contributed by atoms with van der Waals surface area (Å²) in [5.41, 5.74) is 0.132. The Bertz CT molecular complexity index is 1110. The second-order valence-corrected chi connectivity index (χ2v) is 11.5. The highest BCUT2D eigenvalue weighted by Gasteiger charge is 2.67. The lowest BCUT2D eigenvalue weighted by Gasteiger charge is -2.57. The fraction of sp³-hybridized carbons (Fsp3) is 0.536. The predicted molar refractivity (Wildman–Crippen MR) is 132 cm³/mol. The van der Waals surface area contributed by atoms with E-state index in [1.807, 2.05) is 6.08 Å². The molecule has 1 N–H and O–H groups in total. The van der Waals surface area contributed by atoms with E-state index in [0.29, 0.717) is 35.4 Å². The van der Waals surface area contributed by atoms with E-state index in [-0.39, 0.29) is 22.9 Å². The normalized spacial score (nSPS) is 38.3. The van der Waals surface area contributed by atoms with Crippen molar-refractivity contribution in [3.05, 3.63) is 53.1 Å². The van der Waals surface area contributed by atoms with Crippen LogP contribution in [0, 0.1) is 28.6 Å². The summed E-state index contributed by atoms with van der Waals surface area (Å²) >= 11 is 5.95. The Labute approximate surface area is 206 Å². The van der Waals surface area contributed by atoms with Crippen molar-refractivity contribution in [2.24, 2.45) is 28.6 Å². The summed E-state index contributed by atoms with van der Waals surface area (Å²) in [4.78, 5) is 38.2. The van der Waals surface area contributed by atoms with Gasteiger partial charge in [0.05, 0.1) is 0 Å². The fourth-order valence-corrected chi connectivity index (χ4v) is 7.78. The van der Waals surface area contributed by atoms with E-state index in [0.717, 1.165) is 31.3 Å². The Hall–Kier alpha value is -2.40. The number of amides is 1. The van der Waals surface area contributed by atoms with Crippen molar-refractivity contribution >= 4 is 34.9 Å². The highest BCUT2D eigenvalue weighted by atomic mass is 35.5. The Balaban J connectivity index is 1.43. The molecule has 0 saturated heterocycles. The first kappa shape index (κ1) is 23.3. The summed E-state index contributed by atoms with van der Waals surface area (Å²) in [6, 6.07) is 6.82. The van der Waals surface area contributed by atoms with Gasteiger partial charge in [-0.2, -0.15) is 0 Å². The van der Waals surface area contributed by atoms with Crippen LogP contribution in [0.3, 0.4) is 0 Å². The first-order valence-electron chi connectivity index (χ1n) is 12.3. The zero-order valence-corrected chi connectivity index (χ0v) is 20.8. The molecule has 180 valence electrons. The largest absolute Gasteiger partial charge is 0.434 e. The highest BCUT2D eigenvalue weighted by Crippen LogP contribution is 2.67. The molecule has 1 aromatic rings. The molecule has 4 aliphatic rings. The molecule has 0 unspecified atom stereocenters. The zero-order valence-electron chi connectivity index (χ0n) is 20.0. The lowest BCUT2D eigenvalue weighted by Crippen LogP contribution is -2.58. The maximum Gasteiger partial charge on any atom is 0.412 e. The van der Waals surface area contributed by atoms with E-state index in [4.69, 9.17) is 16.3 Å². The summed E-state index contributed by atoms with van der Waals surface area (Å²) in [6.45, 7) is 6.00. The summed E-state index contributed by atoms with van der Waals surface area (Å²) in [7, 11) is 0. The molecule has 0 bridgehead atoms. The first-order chi connectivity index (χ1) is 16.1. The van der Waals surface area contributed by atoms with Crippen molar-refractivity contribution in [1.82, 2.24) is 0 Å². The van der Waals surface area contributed by atoms with Crippen molar-refractivity contribution in [3.8, 4) is 0 Å². The predicted octanol–water partition coefficient (Wildman–Crippen LogP) is 6.52. The second-order valence-electron chi connectivity index (χ2n) is 11.0. The number of allylic oxidation sites excluding steroid dienone is 4. The molecule has 6 atom stereocenters. The van der Waals surface area contributed by atoms with Crippen molar-refractivity contribution in [2.45, 2.75) is 64.9 Å². The van der Waals surface area contributed by atoms with Crippen LogP contribution >= 0.6 is 11.6 Å². The van der Waals surface area contributed by atoms with Gasteiger partial charge in [0.1, 0.15) is 0 Å². The van der Waals surface area contributed by atoms with Crippen molar-refractivity contribution in [1.29, 1.82) is 0 Å². The van der Waals surface area contributed by atoms with Gasteiger partial charge in [0.2, 0.25) is 0 Å². The first-order valence-corrected chi connectivity index (χ1v) is 12.7. The summed E-state index contributed by atoms with van der Waals surface area (Å²) in [6.07, 6.45) is 10.3. The number of rotatable bonds is 3. The minimum Gasteiger partial charge on any atom is -0.434 e. The van der Waals surface area contributed by atoms with Gasteiger partial charge >= 0.3 is 6.09 Å². The number of ether oxygens (including phenoxy) is 1. The average molecular weight is 482 g/mol. The molecule has 4 aliphatic carbocycles. The van der Waals surface area contributed by atoms with Gasteiger partial charge in [-0.25, -0.2) is 4.79 Å². The molecule has 5 rings (SSSR count). The third-order valence-electron chi connectivity index (χ3n) is 9.56. The van der Waals surface area contributed by atoms with E-state index >= 15 is 0 Å². The molecule has 0 aromatic heterocycles. The molecule has 1 aromatic carbocycles. The van der Waals surface area contributed by atoms with Crippen LogP contribution in [0.25, 0.3) is 0 Å². The number of nitrogens with one attached hydrogen (secondary N) is 1. The number of fused-ring (bicyclic) bond motifs is 5. The smallest absolute Gasteiger partial charge is 0.412 e. The highest BCUT2D eigenvalue weighted by molar-refractivity contribution is 6.30. The number of Topliss-reactive ketones (excluding diaryl/α,β-unsaturated/α-hetero) is 1. The van der Waals surface area contributed by atoms with Gasteiger partial charge in [0, 0.05) is 22.5 Å². The van der Waals surface area contributed by atoms with Gasteiger partial charge in [-0.3, -0.25) is 14.9 Å². The molecule has 0 radical (unpaired) electrons. The number of benzene rings is 1. The molecular formula is C28H32ClNO4. The number of hydrogen-bond acceptors (Lipinski definition) is 4. The maximum absolute atomic E-state index is 13.2. The number of carbonyl (C=O) groups excluding carboxylic acids is 3. The van der Waals surface area contributed by atoms with E-state index < -0.39 is 17.1 Å². The number of carbonyl (C=O) groups is 3. The second kappa shape index (κ2) is 8.08. The van der Waals surface area contributed by atoms with Crippen LogP contribution in [0.4, 0.5) is 10.5 Å². The minimum absolute atomic E-state index is 0.0110. The molecule has 2 saturated carbocycles. The van der Waals surface area contributed by atoms with Gasteiger partial charge in [0.15, 0.2) is 17.2 Å². The van der Waals surface area contributed by atoms with E-state index in [9.17, 15) is 14.4 Å². The summed E-state index contributed by atoms with van der Waals surface area (Å²) in [5.74, 6) is 1.11. The van der Waals surface area contributed by atoms with Gasteiger partial charge in [-0.1, -0.05) is 37.6 Å². The summed E-state index contributed by atoms with van der Waals surface area (Å²) < 4.78 is 6.08. The monoisotopic (exact) mass is 481 g/mol. The van der Waals surface area contributed by atoms with Gasteiger partial charge in [0.25, 0.3) is 0 Å². The Morgan fingerprint density at radius 2 is 1.76 bits per heavy atom. The maximum atomic E-state index is 13.2. The SMILES string of the molecule is CC(=O)[C@@]1(OC(=O)Nc2ccc(Cl)cc2)CC[C@H]2[C@@H]3C=CC4=CC(=O)CC[C@]4(C)[C@H]3CC[C@@]21C. The number of hydrogen-bond donors (Lipinski definition) is 1. The van der Waals surface area contributed by atoms with Gasteiger partial charge < -0.3 is 4.74 Å². The van der Waals surface area contributed by atoms with Gasteiger partial charge in [-0.05, 0) is 98.1 Å².